The number of aromatic carboxylic acids is 2. The molecule has 4 unspecified atom stereocenters. The number of hydrogen-bond acceptors (Lipinski definition) is 6. The number of piperidine rings is 2. The summed E-state index contributed by atoms with van der Waals surface area (Å²) in [7, 11) is 0. The van der Waals surface area contributed by atoms with Gasteiger partial charge in [0.15, 0.2) is 0 Å². The third-order valence-corrected chi connectivity index (χ3v) is 15.5. The van der Waals surface area contributed by atoms with Gasteiger partial charge in [0.2, 0.25) is 11.8 Å². The van der Waals surface area contributed by atoms with Crippen LogP contribution in [0.3, 0.4) is 0 Å². The highest BCUT2D eigenvalue weighted by Crippen LogP contribution is 2.52. The first-order valence-electron chi connectivity index (χ1n) is 26.2. The van der Waals surface area contributed by atoms with E-state index in [9.17, 15) is 30.0 Å². The third-order valence-electron chi connectivity index (χ3n) is 15.5. The van der Waals surface area contributed by atoms with E-state index >= 15 is 0 Å². The third kappa shape index (κ3) is 8.78. The molecule has 4 atom stereocenters. The van der Waals surface area contributed by atoms with Crippen LogP contribution in [0.25, 0.3) is 43.1 Å². The average Bonchev–Trinajstić information content (AvgIpc) is 3.31. The Labute approximate surface area is 424 Å². The summed E-state index contributed by atoms with van der Waals surface area (Å²) in [5.74, 6) is -1.15. The minimum Gasteiger partial charge on any atom is -0.493 e. The summed E-state index contributed by atoms with van der Waals surface area (Å²) >= 11 is 0. The number of carbonyl (C=O) groups is 2. The molecule has 10 heteroatoms. The molecule has 10 nitrogen and oxygen atoms in total. The van der Waals surface area contributed by atoms with Crippen LogP contribution in [0, 0.1) is 23.7 Å². The quantitative estimate of drug-likeness (QED) is 0.0410. The lowest BCUT2D eigenvalue weighted by molar-refractivity contribution is 0.0695. The van der Waals surface area contributed by atoms with Crippen molar-refractivity contribution in [3.8, 4) is 0 Å². The first kappa shape index (κ1) is 50.3. The molecule has 0 spiro atoms. The highest BCUT2D eigenvalue weighted by molar-refractivity contribution is 6.42. The second kappa shape index (κ2) is 19.4. The molecule has 0 radical (unpaired) electrons. The molecule has 0 aliphatic carbocycles. The summed E-state index contributed by atoms with van der Waals surface area (Å²) in [6.45, 7) is 28.8. The van der Waals surface area contributed by atoms with E-state index in [-0.39, 0.29) is 52.0 Å². The molecular weight excluding hydrogens is 897 g/mol. The van der Waals surface area contributed by atoms with Crippen molar-refractivity contribution in [2.24, 2.45) is 33.7 Å². The number of fused-ring (bicyclic) bond motifs is 2. The lowest BCUT2D eigenvalue weighted by Gasteiger charge is -2.39. The van der Waals surface area contributed by atoms with Gasteiger partial charge in [0.1, 0.15) is 0 Å². The van der Waals surface area contributed by atoms with Crippen LogP contribution in [-0.2, 0) is 0 Å². The number of aliphatic imine (C=N–C) groups is 2. The number of carboxylic acids is 2. The predicted octanol–water partition coefficient (Wildman–Crippen LogP) is 15.9. The highest BCUT2D eigenvalue weighted by atomic mass is 16.4. The van der Waals surface area contributed by atoms with Gasteiger partial charge in [-0.15, -0.1) is 0 Å². The van der Waals surface area contributed by atoms with Gasteiger partial charge in [0.25, 0.3) is 0 Å². The van der Waals surface area contributed by atoms with E-state index in [0.29, 0.717) is 94.2 Å². The van der Waals surface area contributed by atoms with Gasteiger partial charge in [0, 0.05) is 81.0 Å². The van der Waals surface area contributed by atoms with Crippen molar-refractivity contribution in [2.75, 3.05) is 36.0 Å². The van der Waals surface area contributed by atoms with E-state index in [1.54, 1.807) is 12.1 Å². The molecule has 7 aromatic carbocycles. The first-order chi connectivity index (χ1) is 34.2. The number of anilines is 2. The standard InChI is InChI=1S/C62H72N4O6/c1-31(2)39-15-13-16-40(32(3)4)57(39)63-59(67)45-21-19-43-54-50(66-29-37(11)24-38(12)30-66)26-48(62(71)72)52-46(61(69)70)22-20-44(56(52)54)53-49(65-27-35(9)23-36(10)28-65)25-47(51(45)55(43)53)60(68)64-58-41(33(5)6)17-14-18-42(58)34(7)8/h13-22,25-26,31-38H,23-24,27-30H2,1-12H3,(H,63,67)(H,64,68)(H,69,70)(H,71,72). The summed E-state index contributed by atoms with van der Waals surface area (Å²) < 4.78 is 0. The zero-order valence-corrected chi connectivity index (χ0v) is 44.2. The first-order valence-corrected chi connectivity index (χ1v) is 26.2. The molecular formula is C62H72N4O6. The second-order valence-corrected chi connectivity index (χ2v) is 22.8. The summed E-state index contributed by atoms with van der Waals surface area (Å²) in [5.41, 5.74) is 7.64. The monoisotopic (exact) mass is 969 g/mol. The van der Waals surface area contributed by atoms with Crippen LogP contribution in [0.1, 0.15) is 174 Å². The zero-order chi connectivity index (χ0) is 51.8. The fraction of sp³-hybridized carbons (Fsp3) is 0.419. The Morgan fingerprint density at radius 2 is 0.778 bits per heavy atom. The molecule has 9 rings (SSSR count). The minimum atomic E-state index is -1.21. The van der Waals surface area contributed by atoms with Gasteiger partial charge < -0.3 is 30.2 Å². The smallest absolute Gasteiger partial charge is 0.336 e. The van der Waals surface area contributed by atoms with Crippen molar-refractivity contribution in [1.29, 1.82) is 0 Å². The maximum absolute atomic E-state index is 13.6. The van der Waals surface area contributed by atoms with E-state index in [2.05, 4.69) is 123 Å². The normalized spacial score (nSPS) is 19.4. The Morgan fingerprint density at radius 1 is 0.444 bits per heavy atom. The number of nitrogens with zero attached hydrogens (tertiary/aromatic N) is 4. The topological polar surface area (TPSA) is 146 Å². The number of benzene rings is 7. The Hall–Kier alpha value is -6.68. The minimum absolute atomic E-state index is 0.0623. The van der Waals surface area contributed by atoms with E-state index in [1.807, 2.05) is 30.3 Å². The van der Waals surface area contributed by atoms with Crippen LogP contribution in [0.15, 0.2) is 82.8 Å². The van der Waals surface area contributed by atoms with Crippen molar-refractivity contribution in [3.05, 3.63) is 117 Å². The zero-order valence-electron chi connectivity index (χ0n) is 44.2. The highest BCUT2D eigenvalue weighted by Gasteiger charge is 2.34. The maximum atomic E-state index is 13.6. The number of para-hydroxylation sites is 2. The number of carboxylic acid groups (broad SMARTS) is 2. The van der Waals surface area contributed by atoms with Crippen molar-refractivity contribution < 1.29 is 30.0 Å². The maximum Gasteiger partial charge on any atom is 0.336 e. The SMILES string of the molecule is CC1CC(C)CN(c2cc(C(=O)O)c3c(C(=O)O)ccc4c5c(N6CC(C)CC(C)C6)cc(C(O)=Nc6c(C(C)C)cccc6C(C)C)c6c(C(O)=Nc7c(C(C)C)cccc7C(C)C)ccc(c2c34)c65)C1. The molecule has 2 fully saturated rings. The van der Waals surface area contributed by atoms with Gasteiger partial charge in [-0.1, -0.05) is 132 Å². The Morgan fingerprint density at radius 3 is 1.14 bits per heavy atom. The van der Waals surface area contributed by atoms with Crippen LogP contribution in [0.2, 0.25) is 0 Å². The Kier molecular flexibility index (Phi) is 13.5. The van der Waals surface area contributed by atoms with Gasteiger partial charge in [0.05, 0.1) is 22.5 Å². The Bertz CT molecular complexity index is 3270. The van der Waals surface area contributed by atoms with Crippen LogP contribution in [0.4, 0.5) is 22.7 Å². The largest absolute Gasteiger partial charge is 0.493 e. The van der Waals surface area contributed by atoms with Crippen LogP contribution >= 0.6 is 0 Å². The van der Waals surface area contributed by atoms with Gasteiger partial charge in [-0.2, -0.15) is 0 Å². The number of aliphatic hydroxyl groups excluding tert-OH is 2. The summed E-state index contributed by atoms with van der Waals surface area (Å²) in [5, 5.41) is 53.0. The molecule has 376 valence electrons. The molecule has 0 bridgehead atoms. The van der Waals surface area contributed by atoms with Gasteiger partial charge >= 0.3 is 11.9 Å². The van der Waals surface area contributed by atoms with E-state index in [0.717, 1.165) is 62.3 Å². The lowest BCUT2D eigenvalue weighted by atomic mass is 9.81. The average molecular weight is 969 g/mol. The van der Waals surface area contributed by atoms with E-state index in [1.165, 1.54) is 0 Å². The van der Waals surface area contributed by atoms with Crippen LogP contribution < -0.4 is 9.80 Å². The number of rotatable bonds is 12. The van der Waals surface area contributed by atoms with Gasteiger partial charge in [-0.3, -0.25) is 0 Å². The molecule has 0 aromatic heterocycles. The fourth-order valence-corrected chi connectivity index (χ4v) is 12.6. The fourth-order valence-electron chi connectivity index (χ4n) is 12.6. The number of hydrogen-bond donors (Lipinski definition) is 4. The molecule has 2 aliphatic rings. The lowest BCUT2D eigenvalue weighted by Crippen LogP contribution is -2.39. The van der Waals surface area contributed by atoms with Crippen LogP contribution in [-0.4, -0.2) is 70.3 Å². The molecule has 4 N–H and O–H groups in total. The van der Waals surface area contributed by atoms with Gasteiger partial charge in [-0.05, 0) is 117 Å². The molecule has 7 aromatic rings. The van der Waals surface area contributed by atoms with Crippen molar-refractivity contribution >= 4 is 89.6 Å². The molecule has 0 saturated carbocycles. The second-order valence-electron chi connectivity index (χ2n) is 22.8. The van der Waals surface area contributed by atoms with Crippen molar-refractivity contribution in [3.63, 3.8) is 0 Å². The van der Waals surface area contributed by atoms with E-state index in [4.69, 9.17) is 9.98 Å². The van der Waals surface area contributed by atoms with Crippen molar-refractivity contribution in [2.45, 2.75) is 120 Å². The summed E-state index contributed by atoms with van der Waals surface area (Å²) in [6.07, 6.45) is 2.06. The molecule has 72 heavy (non-hydrogen) atoms. The van der Waals surface area contributed by atoms with Gasteiger partial charge in [-0.25, -0.2) is 19.6 Å². The number of aliphatic hydroxyl groups is 2. The molecule has 0 amide bonds. The molecule has 2 aliphatic heterocycles. The Balaban J connectivity index is 1.55. The summed E-state index contributed by atoms with van der Waals surface area (Å²) in [4.78, 5) is 42.0. The van der Waals surface area contributed by atoms with E-state index < -0.39 is 11.9 Å². The molecule has 2 saturated heterocycles. The van der Waals surface area contributed by atoms with Crippen molar-refractivity contribution in [1.82, 2.24) is 0 Å². The summed E-state index contributed by atoms with van der Waals surface area (Å²) in [6, 6.07) is 23.3. The molecule has 2 heterocycles. The predicted molar refractivity (Wildman–Crippen MR) is 299 cm³/mol. The van der Waals surface area contributed by atoms with Crippen LogP contribution in [0.5, 0.6) is 0 Å².